The van der Waals surface area contributed by atoms with Crippen LogP contribution in [0.1, 0.15) is 88.2 Å². The second-order valence-electron chi connectivity index (χ2n) is 7.35. The Kier molecular flexibility index (Phi) is 11.8. The minimum Gasteiger partial charge on any atom is -0.229 e. The fourth-order valence-corrected chi connectivity index (χ4v) is 3.76. The number of unbranched alkanes of at least 4 members (excludes halogenated alkanes) is 11. The van der Waals surface area contributed by atoms with Gasteiger partial charge in [-0.05, 0) is 31.7 Å². The number of hydrogen-bond acceptors (Lipinski definition) is 2. The topological polar surface area (TPSA) is 60.2 Å². The SMILES string of the molecule is Cc1ccc(CCCCCCCCCCCCCCS(N)(=O)=O)cc1. The van der Waals surface area contributed by atoms with Crippen LogP contribution in [0.3, 0.4) is 0 Å². The third kappa shape index (κ3) is 14.0. The molecular weight excluding hydrogens is 330 g/mol. The van der Waals surface area contributed by atoms with E-state index in [2.05, 4.69) is 31.2 Å². The molecule has 25 heavy (non-hydrogen) atoms. The largest absolute Gasteiger partial charge is 0.229 e. The Bertz CT molecular complexity index is 538. The van der Waals surface area contributed by atoms with Crippen molar-refractivity contribution in [3.05, 3.63) is 35.4 Å². The summed E-state index contributed by atoms with van der Waals surface area (Å²) in [6.07, 6.45) is 15.9. The van der Waals surface area contributed by atoms with Crippen LogP contribution in [0.4, 0.5) is 0 Å². The fraction of sp³-hybridized carbons (Fsp3) is 0.714. The molecule has 0 spiro atoms. The number of hydrogen-bond donors (Lipinski definition) is 1. The van der Waals surface area contributed by atoms with Gasteiger partial charge in [0.2, 0.25) is 10.0 Å². The smallest absolute Gasteiger partial charge is 0.209 e. The van der Waals surface area contributed by atoms with Crippen LogP contribution in [0.15, 0.2) is 24.3 Å². The minimum absolute atomic E-state index is 0.136. The highest BCUT2D eigenvalue weighted by Gasteiger charge is 2.01. The summed E-state index contributed by atoms with van der Waals surface area (Å²) in [6, 6.07) is 8.92. The van der Waals surface area contributed by atoms with Crippen LogP contribution < -0.4 is 5.14 Å². The van der Waals surface area contributed by atoms with Gasteiger partial charge < -0.3 is 0 Å². The highest BCUT2D eigenvalue weighted by Crippen LogP contribution is 2.13. The standard InChI is InChI=1S/C21H37NO2S/c1-20-15-17-21(18-16-20)14-12-10-8-6-4-2-3-5-7-9-11-13-19-25(22,23)24/h15-18H,2-14,19H2,1H3,(H2,22,23,24). The third-order valence-corrected chi connectivity index (χ3v) is 5.62. The van der Waals surface area contributed by atoms with Crippen molar-refractivity contribution in [1.29, 1.82) is 0 Å². The molecule has 0 saturated heterocycles. The van der Waals surface area contributed by atoms with Crippen LogP contribution in [0, 0.1) is 6.92 Å². The molecule has 0 unspecified atom stereocenters. The van der Waals surface area contributed by atoms with Gasteiger partial charge in [0, 0.05) is 0 Å². The number of primary sulfonamides is 1. The zero-order chi connectivity index (χ0) is 18.4. The van der Waals surface area contributed by atoms with Crippen molar-refractivity contribution in [1.82, 2.24) is 0 Å². The molecule has 0 saturated carbocycles. The highest BCUT2D eigenvalue weighted by molar-refractivity contribution is 7.89. The van der Waals surface area contributed by atoms with Gasteiger partial charge in [0.05, 0.1) is 5.75 Å². The molecule has 1 rings (SSSR count). The predicted molar refractivity (Wildman–Crippen MR) is 108 cm³/mol. The Morgan fingerprint density at radius 3 is 1.52 bits per heavy atom. The molecule has 0 heterocycles. The van der Waals surface area contributed by atoms with Crippen LogP contribution >= 0.6 is 0 Å². The fourth-order valence-electron chi connectivity index (χ4n) is 3.15. The van der Waals surface area contributed by atoms with Crippen LogP contribution in [-0.4, -0.2) is 14.2 Å². The molecule has 0 aliphatic heterocycles. The average Bonchev–Trinajstić information content (AvgIpc) is 2.56. The molecule has 0 amide bonds. The van der Waals surface area contributed by atoms with E-state index >= 15 is 0 Å². The van der Waals surface area contributed by atoms with Gasteiger partial charge in [0.1, 0.15) is 0 Å². The van der Waals surface area contributed by atoms with E-state index in [1.807, 2.05) is 0 Å². The Morgan fingerprint density at radius 2 is 1.08 bits per heavy atom. The molecule has 0 bridgehead atoms. The van der Waals surface area contributed by atoms with Crippen molar-refractivity contribution >= 4 is 10.0 Å². The zero-order valence-corrected chi connectivity index (χ0v) is 16.8. The molecule has 144 valence electrons. The van der Waals surface area contributed by atoms with Crippen molar-refractivity contribution in [3.8, 4) is 0 Å². The van der Waals surface area contributed by atoms with Gasteiger partial charge in [-0.1, -0.05) is 94.0 Å². The first-order valence-electron chi connectivity index (χ1n) is 10.0. The maximum Gasteiger partial charge on any atom is 0.209 e. The number of benzene rings is 1. The normalized spacial score (nSPS) is 11.8. The summed E-state index contributed by atoms with van der Waals surface area (Å²) < 4.78 is 21.6. The van der Waals surface area contributed by atoms with Gasteiger partial charge >= 0.3 is 0 Å². The minimum atomic E-state index is -3.26. The van der Waals surface area contributed by atoms with Crippen molar-refractivity contribution in [2.24, 2.45) is 5.14 Å². The van der Waals surface area contributed by atoms with E-state index < -0.39 is 10.0 Å². The molecule has 1 aromatic rings. The van der Waals surface area contributed by atoms with E-state index in [1.54, 1.807) is 0 Å². The third-order valence-electron chi connectivity index (χ3n) is 4.76. The molecular formula is C21H37NO2S. The monoisotopic (exact) mass is 367 g/mol. The van der Waals surface area contributed by atoms with Crippen molar-refractivity contribution in [2.45, 2.75) is 90.4 Å². The van der Waals surface area contributed by atoms with Gasteiger partial charge in [0.25, 0.3) is 0 Å². The average molecular weight is 368 g/mol. The lowest BCUT2D eigenvalue weighted by atomic mass is 10.0. The van der Waals surface area contributed by atoms with Gasteiger partial charge in [-0.2, -0.15) is 0 Å². The molecule has 0 aliphatic carbocycles. The first-order chi connectivity index (χ1) is 12.0. The number of nitrogens with two attached hydrogens (primary N) is 1. The van der Waals surface area contributed by atoms with Gasteiger partial charge in [-0.3, -0.25) is 0 Å². The Hall–Kier alpha value is -0.870. The summed E-state index contributed by atoms with van der Waals surface area (Å²) >= 11 is 0. The van der Waals surface area contributed by atoms with E-state index in [4.69, 9.17) is 5.14 Å². The molecule has 2 N–H and O–H groups in total. The van der Waals surface area contributed by atoms with E-state index in [9.17, 15) is 8.42 Å². The first kappa shape index (κ1) is 22.2. The lowest BCUT2D eigenvalue weighted by Crippen LogP contribution is -2.16. The molecule has 4 heteroatoms. The summed E-state index contributed by atoms with van der Waals surface area (Å²) in [5.41, 5.74) is 2.81. The molecule has 0 fully saturated rings. The zero-order valence-electron chi connectivity index (χ0n) is 16.0. The molecule has 0 atom stereocenters. The van der Waals surface area contributed by atoms with Crippen LogP contribution in [0.25, 0.3) is 0 Å². The van der Waals surface area contributed by atoms with Crippen LogP contribution in [-0.2, 0) is 16.4 Å². The van der Waals surface area contributed by atoms with E-state index in [0.717, 1.165) is 12.8 Å². The summed E-state index contributed by atoms with van der Waals surface area (Å²) in [6.45, 7) is 2.14. The van der Waals surface area contributed by atoms with Crippen molar-refractivity contribution in [2.75, 3.05) is 5.75 Å². The highest BCUT2D eigenvalue weighted by atomic mass is 32.2. The molecule has 0 aliphatic rings. The molecule has 1 aromatic carbocycles. The van der Waals surface area contributed by atoms with Crippen LogP contribution in [0.5, 0.6) is 0 Å². The van der Waals surface area contributed by atoms with Gasteiger partial charge in [-0.25, -0.2) is 13.6 Å². The van der Waals surface area contributed by atoms with E-state index in [0.29, 0.717) is 6.42 Å². The summed E-state index contributed by atoms with van der Waals surface area (Å²) in [5, 5.41) is 4.98. The number of sulfonamides is 1. The van der Waals surface area contributed by atoms with Crippen LogP contribution in [0.2, 0.25) is 0 Å². The predicted octanol–water partition coefficient (Wildman–Crippen LogP) is 5.51. The lowest BCUT2D eigenvalue weighted by molar-refractivity contribution is 0.542. The second kappa shape index (κ2) is 13.3. The second-order valence-corrected chi connectivity index (χ2v) is 9.08. The quantitative estimate of drug-likeness (QED) is 0.416. The number of aryl methyl sites for hydroxylation is 2. The maximum absolute atomic E-state index is 10.8. The summed E-state index contributed by atoms with van der Waals surface area (Å²) in [4.78, 5) is 0. The Labute approximate surface area is 155 Å². The van der Waals surface area contributed by atoms with Gasteiger partial charge in [-0.15, -0.1) is 0 Å². The summed E-state index contributed by atoms with van der Waals surface area (Å²) in [5.74, 6) is 0.136. The maximum atomic E-state index is 10.8. The Morgan fingerprint density at radius 1 is 0.680 bits per heavy atom. The molecule has 3 nitrogen and oxygen atoms in total. The lowest BCUT2D eigenvalue weighted by Gasteiger charge is -2.04. The van der Waals surface area contributed by atoms with Gasteiger partial charge in [0.15, 0.2) is 0 Å². The van der Waals surface area contributed by atoms with Crippen molar-refractivity contribution in [3.63, 3.8) is 0 Å². The Balaban J connectivity index is 1.79. The summed E-state index contributed by atoms with van der Waals surface area (Å²) in [7, 11) is -3.26. The number of rotatable bonds is 15. The van der Waals surface area contributed by atoms with Crippen molar-refractivity contribution < 1.29 is 8.42 Å². The first-order valence-corrected chi connectivity index (χ1v) is 11.7. The molecule has 0 aromatic heterocycles. The van der Waals surface area contributed by atoms with E-state index in [-0.39, 0.29) is 5.75 Å². The molecule has 0 radical (unpaired) electrons. The van der Waals surface area contributed by atoms with E-state index in [1.165, 1.54) is 75.3 Å².